The van der Waals surface area contributed by atoms with Crippen molar-refractivity contribution in [1.82, 2.24) is 10.6 Å². The second-order valence-electron chi connectivity index (χ2n) is 4.01. The SMILES string of the molecule is C=CCNCC(=O)Nc1ccc2c(c1)C(=O)NC2=O. The minimum absolute atomic E-state index is 0.147. The molecular formula is C13H13N3O3. The van der Waals surface area contributed by atoms with Gasteiger partial charge in [0, 0.05) is 12.2 Å². The zero-order valence-corrected chi connectivity index (χ0v) is 10.2. The van der Waals surface area contributed by atoms with Crippen LogP contribution in [0.3, 0.4) is 0 Å². The molecule has 0 saturated heterocycles. The fourth-order valence-electron chi connectivity index (χ4n) is 1.74. The fraction of sp³-hybridized carbons (Fsp3) is 0.154. The van der Waals surface area contributed by atoms with Gasteiger partial charge in [0.15, 0.2) is 0 Å². The van der Waals surface area contributed by atoms with Gasteiger partial charge in [-0.1, -0.05) is 6.08 Å². The van der Waals surface area contributed by atoms with Gasteiger partial charge in [0.25, 0.3) is 11.8 Å². The van der Waals surface area contributed by atoms with E-state index in [1.54, 1.807) is 12.1 Å². The van der Waals surface area contributed by atoms with E-state index in [0.717, 1.165) is 0 Å². The maximum Gasteiger partial charge on any atom is 0.259 e. The molecule has 0 spiro atoms. The Balaban J connectivity index is 2.05. The highest BCUT2D eigenvalue weighted by Crippen LogP contribution is 2.20. The number of carbonyl (C=O) groups excluding carboxylic acids is 3. The minimum atomic E-state index is -0.444. The molecular weight excluding hydrogens is 246 g/mol. The molecule has 1 aliphatic heterocycles. The van der Waals surface area contributed by atoms with E-state index in [9.17, 15) is 14.4 Å². The van der Waals surface area contributed by atoms with Crippen LogP contribution in [-0.2, 0) is 4.79 Å². The smallest absolute Gasteiger partial charge is 0.259 e. The number of anilines is 1. The maximum atomic E-state index is 11.6. The topological polar surface area (TPSA) is 87.3 Å². The Morgan fingerprint density at radius 3 is 2.74 bits per heavy atom. The zero-order valence-electron chi connectivity index (χ0n) is 10.2. The van der Waals surface area contributed by atoms with Crippen molar-refractivity contribution in [3.05, 3.63) is 42.0 Å². The van der Waals surface area contributed by atoms with Crippen LogP contribution < -0.4 is 16.0 Å². The van der Waals surface area contributed by atoms with Gasteiger partial charge in [-0.05, 0) is 18.2 Å². The normalized spacial score (nSPS) is 12.8. The lowest BCUT2D eigenvalue weighted by atomic mass is 10.1. The molecule has 0 radical (unpaired) electrons. The molecule has 6 heteroatoms. The molecule has 1 aromatic rings. The fourth-order valence-corrected chi connectivity index (χ4v) is 1.74. The lowest BCUT2D eigenvalue weighted by Gasteiger charge is -2.06. The molecule has 0 bridgehead atoms. The predicted molar refractivity (Wildman–Crippen MR) is 69.9 cm³/mol. The molecule has 0 saturated carbocycles. The average molecular weight is 259 g/mol. The highest BCUT2D eigenvalue weighted by atomic mass is 16.2. The second-order valence-corrected chi connectivity index (χ2v) is 4.01. The highest BCUT2D eigenvalue weighted by molar-refractivity contribution is 6.22. The van der Waals surface area contributed by atoms with E-state index < -0.39 is 11.8 Å². The summed E-state index contributed by atoms with van der Waals surface area (Å²) in [5, 5.41) is 7.69. The quantitative estimate of drug-likeness (QED) is 0.403. The number of nitrogens with one attached hydrogen (secondary N) is 3. The third-order valence-electron chi connectivity index (χ3n) is 2.59. The van der Waals surface area contributed by atoms with Gasteiger partial charge in [-0.15, -0.1) is 6.58 Å². The number of hydrogen-bond donors (Lipinski definition) is 3. The van der Waals surface area contributed by atoms with E-state index in [0.29, 0.717) is 17.8 Å². The molecule has 1 heterocycles. The third kappa shape index (κ3) is 2.86. The number of benzene rings is 1. The van der Waals surface area contributed by atoms with Crippen molar-refractivity contribution in [3.8, 4) is 0 Å². The molecule has 0 aliphatic carbocycles. The Morgan fingerprint density at radius 1 is 1.26 bits per heavy atom. The van der Waals surface area contributed by atoms with Crippen molar-refractivity contribution >= 4 is 23.4 Å². The second kappa shape index (κ2) is 5.45. The summed E-state index contributed by atoms with van der Waals surface area (Å²) >= 11 is 0. The van der Waals surface area contributed by atoms with Crippen LogP contribution in [0.1, 0.15) is 20.7 Å². The number of hydrogen-bond acceptors (Lipinski definition) is 4. The van der Waals surface area contributed by atoms with Crippen LogP contribution in [0.15, 0.2) is 30.9 Å². The molecule has 98 valence electrons. The van der Waals surface area contributed by atoms with E-state index in [4.69, 9.17) is 0 Å². The van der Waals surface area contributed by atoms with Crippen LogP contribution in [0.5, 0.6) is 0 Å². The standard InChI is InChI=1S/C13H13N3O3/c1-2-5-14-7-11(17)15-8-3-4-9-10(6-8)13(19)16-12(9)18/h2-4,6,14H,1,5,7H2,(H,15,17)(H,16,18,19). The van der Waals surface area contributed by atoms with Gasteiger partial charge in [0.05, 0.1) is 17.7 Å². The van der Waals surface area contributed by atoms with Gasteiger partial charge in [-0.25, -0.2) is 0 Å². The van der Waals surface area contributed by atoms with Crippen molar-refractivity contribution in [3.63, 3.8) is 0 Å². The summed E-state index contributed by atoms with van der Waals surface area (Å²) in [4.78, 5) is 34.4. The molecule has 0 fully saturated rings. The Kier molecular flexibility index (Phi) is 3.72. The number of carbonyl (C=O) groups is 3. The van der Waals surface area contributed by atoms with Crippen LogP contribution in [0.2, 0.25) is 0 Å². The van der Waals surface area contributed by atoms with E-state index in [1.807, 2.05) is 0 Å². The van der Waals surface area contributed by atoms with Crippen LogP contribution in [0, 0.1) is 0 Å². The molecule has 2 rings (SSSR count). The first-order valence-corrected chi connectivity index (χ1v) is 5.73. The van der Waals surface area contributed by atoms with Gasteiger partial charge >= 0.3 is 0 Å². The maximum absolute atomic E-state index is 11.6. The summed E-state index contributed by atoms with van der Waals surface area (Å²) in [7, 11) is 0. The van der Waals surface area contributed by atoms with Crippen LogP contribution in [-0.4, -0.2) is 30.8 Å². The molecule has 3 amide bonds. The summed E-state index contributed by atoms with van der Waals surface area (Å²) in [6.45, 7) is 4.21. The average Bonchev–Trinajstić information content (AvgIpc) is 2.65. The zero-order chi connectivity index (χ0) is 13.8. The van der Waals surface area contributed by atoms with Crippen molar-refractivity contribution in [2.75, 3.05) is 18.4 Å². The first kappa shape index (κ1) is 13.0. The third-order valence-corrected chi connectivity index (χ3v) is 2.59. The summed E-state index contributed by atoms with van der Waals surface area (Å²) in [5.41, 5.74) is 1.09. The number of amides is 3. The Hall–Kier alpha value is -2.47. The van der Waals surface area contributed by atoms with Crippen LogP contribution in [0.4, 0.5) is 5.69 Å². The van der Waals surface area contributed by atoms with E-state index in [2.05, 4.69) is 22.5 Å². The largest absolute Gasteiger partial charge is 0.325 e. The van der Waals surface area contributed by atoms with Crippen LogP contribution in [0.25, 0.3) is 0 Å². The van der Waals surface area contributed by atoms with Crippen LogP contribution >= 0.6 is 0 Å². The van der Waals surface area contributed by atoms with E-state index in [-0.39, 0.29) is 18.0 Å². The molecule has 0 aromatic heterocycles. The van der Waals surface area contributed by atoms with Gasteiger partial charge in [-0.3, -0.25) is 19.7 Å². The molecule has 6 nitrogen and oxygen atoms in total. The Bertz CT molecular complexity index is 566. The number of imide groups is 1. The van der Waals surface area contributed by atoms with Crippen molar-refractivity contribution in [2.24, 2.45) is 0 Å². The summed E-state index contributed by atoms with van der Waals surface area (Å²) in [6.07, 6.45) is 1.65. The van der Waals surface area contributed by atoms with E-state index in [1.165, 1.54) is 12.1 Å². The Morgan fingerprint density at radius 2 is 2.00 bits per heavy atom. The highest BCUT2D eigenvalue weighted by Gasteiger charge is 2.26. The molecule has 0 atom stereocenters. The summed E-state index contributed by atoms with van der Waals surface area (Å²) < 4.78 is 0. The van der Waals surface area contributed by atoms with Gasteiger partial charge in [0.1, 0.15) is 0 Å². The van der Waals surface area contributed by atoms with Crippen molar-refractivity contribution in [1.29, 1.82) is 0 Å². The van der Waals surface area contributed by atoms with Gasteiger partial charge in [-0.2, -0.15) is 0 Å². The summed E-state index contributed by atoms with van der Waals surface area (Å²) in [5.74, 6) is -1.09. The van der Waals surface area contributed by atoms with Gasteiger partial charge < -0.3 is 10.6 Å². The molecule has 3 N–H and O–H groups in total. The lowest BCUT2D eigenvalue weighted by Crippen LogP contribution is -2.28. The molecule has 0 unspecified atom stereocenters. The predicted octanol–water partition coefficient (Wildman–Crippen LogP) is 0.284. The summed E-state index contributed by atoms with van der Waals surface area (Å²) in [6, 6.07) is 4.59. The number of rotatable bonds is 5. The first-order chi connectivity index (χ1) is 9.11. The molecule has 1 aromatic carbocycles. The first-order valence-electron chi connectivity index (χ1n) is 5.73. The number of fused-ring (bicyclic) bond motifs is 1. The monoisotopic (exact) mass is 259 g/mol. The van der Waals surface area contributed by atoms with Gasteiger partial charge in [0.2, 0.25) is 5.91 Å². The minimum Gasteiger partial charge on any atom is -0.325 e. The lowest BCUT2D eigenvalue weighted by molar-refractivity contribution is -0.115. The Labute approximate surface area is 109 Å². The van der Waals surface area contributed by atoms with Crippen molar-refractivity contribution < 1.29 is 14.4 Å². The molecule has 19 heavy (non-hydrogen) atoms. The molecule has 1 aliphatic rings. The van der Waals surface area contributed by atoms with E-state index >= 15 is 0 Å². The van der Waals surface area contributed by atoms with Crippen molar-refractivity contribution in [2.45, 2.75) is 0 Å².